The Labute approximate surface area is 205 Å². The Morgan fingerprint density at radius 1 is 1.19 bits per heavy atom. The van der Waals surface area contributed by atoms with E-state index in [0.717, 1.165) is 54.9 Å². The van der Waals surface area contributed by atoms with Crippen LogP contribution in [-0.4, -0.2) is 33.4 Å². The number of hydrogen-bond acceptors (Lipinski definition) is 4. The van der Waals surface area contributed by atoms with Gasteiger partial charge in [-0.15, -0.1) is 4.72 Å². The summed E-state index contributed by atoms with van der Waals surface area (Å²) in [6, 6.07) is 8.21. The molecule has 0 amide bonds. The third kappa shape index (κ3) is 4.78. The summed E-state index contributed by atoms with van der Waals surface area (Å²) in [5, 5.41) is 1.09. The van der Waals surface area contributed by atoms with Gasteiger partial charge in [-0.2, -0.15) is 0 Å². The van der Waals surface area contributed by atoms with Gasteiger partial charge in [-0.25, -0.2) is 0 Å². The summed E-state index contributed by atoms with van der Waals surface area (Å²) in [5.41, 5.74) is 4.24. The molecular formula is C25H33Cl2N3OS. The number of benzene rings is 1. The average Bonchev–Trinajstić information content (AvgIpc) is 3.12. The molecule has 1 aliphatic heterocycles. The third-order valence-corrected chi connectivity index (χ3v) is 9.54. The van der Waals surface area contributed by atoms with Gasteiger partial charge < -0.3 is 9.45 Å². The third-order valence-electron chi connectivity index (χ3n) is 7.11. The van der Waals surface area contributed by atoms with Gasteiger partial charge in [0.25, 0.3) is 0 Å². The van der Waals surface area contributed by atoms with Crippen molar-refractivity contribution < 1.29 is 4.55 Å². The molecule has 7 heteroatoms. The first-order chi connectivity index (χ1) is 15.1. The van der Waals surface area contributed by atoms with E-state index in [1.807, 2.05) is 39.1 Å². The van der Waals surface area contributed by atoms with Crippen LogP contribution in [-0.2, 0) is 11.4 Å². The van der Waals surface area contributed by atoms with Gasteiger partial charge in [-0.3, -0.25) is 4.98 Å². The van der Waals surface area contributed by atoms with E-state index in [1.54, 1.807) is 6.07 Å². The second-order valence-electron chi connectivity index (χ2n) is 10.3. The van der Waals surface area contributed by atoms with Crippen LogP contribution in [0.2, 0.25) is 10.0 Å². The van der Waals surface area contributed by atoms with E-state index < -0.39 is 11.4 Å². The molecule has 1 aromatic carbocycles. The zero-order valence-electron chi connectivity index (χ0n) is 19.4. The molecule has 2 aliphatic rings. The molecule has 1 saturated carbocycles. The SMILES string of the molecule is Cc1cc(N2CCC3(CCC[C@H]3N[S+]([O-])C(C)(C)C)CC2)cnc1-c1cccc(Cl)c1Cl. The topological polar surface area (TPSA) is 51.2 Å². The highest BCUT2D eigenvalue weighted by Gasteiger charge is 2.47. The van der Waals surface area contributed by atoms with Crippen LogP contribution in [0.5, 0.6) is 0 Å². The van der Waals surface area contributed by atoms with Crippen LogP contribution in [0.25, 0.3) is 11.3 Å². The average molecular weight is 495 g/mol. The van der Waals surface area contributed by atoms with Crippen molar-refractivity contribution in [1.82, 2.24) is 9.71 Å². The standard InChI is InChI=1S/C25H33Cl2N3OS/c1-17-15-18(16-28-23(17)19-7-5-8-20(26)22(19)27)30-13-11-25(12-14-30)10-6-9-21(25)29-32(31)24(2,3)4/h5,7-8,15-16,21,29H,6,9-14H2,1-4H3/t21-,32?/m1/s1. The van der Waals surface area contributed by atoms with E-state index in [0.29, 0.717) is 16.1 Å². The maximum atomic E-state index is 12.7. The Morgan fingerprint density at radius 2 is 1.91 bits per heavy atom. The van der Waals surface area contributed by atoms with Gasteiger partial charge in [-0.05, 0) is 76.5 Å². The number of aromatic nitrogens is 1. The van der Waals surface area contributed by atoms with Crippen LogP contribution in [0.4, 0.5) is 5.69 Å². The van der Waals surface area contributed by atoms with E-state index in [2.05, 4.69) is 22.6 Å². The van der Waals surface area contributed by atoms with Crippen molar-refractivity contribution >= 4 is 40.3 Å². The van der Waals surface area contributed by atoms with E-state index in [4.69, 9.17) is 28.2 Å². The van der Waals surface area contributed by atoms with Crippen LogP contribution in [0, 0.1) is 12.3 Å². The Morgan fingerprint density at radius 3 is 2.56 bits per heavy atom. The predicted molar refractivity (Wildman–Crippen MR) is 137 cm³/mol. The van der Waals surface area contributed by atoms with Crippen molar-refractivity contribution in [2.24, 2.45) is 5.41 Å². The normalized spacial score (nSPS) is 21.8. The second-order valence-corrected chi connectivity index (χ2v) is 13.0. The van der Waals surface area contributed by atoms with E-state index in [-0.39, 0.29) is 10.2 Å². The fraction of sp³-hybridized carbons (Fsp3) is 0.560. The lowest BCUT2D eigenvalue weighted by Crippen LogP contribution is -2.53. The molecule has 4 nitrogen and oxygen atoms in total. The molecule has 2 atom stereocenters. The maximum absolute atomic E-state index is 12.7. The lowest BCUT2D eigenvalue weighted by atomic mass is 9.74. The summed E-state index contributed by atoms with van der Waals surface area (Å²) in [7, 11) is 0. The number of rotatable bonds is 4. The molecule has 32 heavy (non-hydrogen) atoms. The van der Waals surface area contributed by atoms with Gasteiger partial charge in [0.05, 0.1) is 33.7 Å². The van der Waals surface area contributed by atoms with Crippen molar-refractivity contribution in [1.29, 1.82) is 0 Å². The van der Waals surface area contributed by atoms with Crippen LogP contribution in [0.1, 0.15) is 58.4 Å². The molecular weight excluding hydrogens is 461 g/mol. The molecule has 1 N–H and O–H groups in total. The monoisotopic (exact) mass is 493 g/mol. The molecule has 1 saturated heterocycles. The number of pyridine rings is 1. The highest BCUT2D eigenvalue weighted by Crippen LogP contribution is 2.47. The lowest BCUT2D eigenvalue weighted by molar-refractivity contribution is 0.187. The van der Waals surface area contributed by atoms with E-state index >= 15 is 0 Å². The smallest absolute Gasteiger partial charge is 0.136 e. The zero-order chi connectivity index (χ0) is 23.1. The molecule has 1 aromatic heterocycles. The van der Waals surface area contributed by atoms with Gasteiger partial charge in [0.15, 0.2) is 0 Å². The van der Waals surface area contributed by atoms with Crippen molar-refractivity contribution in [3.8, 4) is 11.3 Å². The highest BCUT2D eigenvalue weighted by atomic mass is 35.5. The lowest BCUT2D eigenvalue weighted by Gasteiger charge is -2.44. The fourth-order valence-corrected chi connectivity index (χ4v) is 6.51. The predicted octanol–water partition coefficient (Wildman–Crippen LogP) is 6.55. The van der Waals surface area contributed by atoms with Crippen molar-refractivity contribution in [3.63, 3.8) is 0 Å². The molecule has 1 aliphatic carbocycles. The Bertz CT molecular complexity index is 970. The summed E-state index contributed by atoms with van der Waals surface area (Å²) in [5.74, 6) is 0. The minimum absolute atomic E-state index is 0.235. The van der Waals surface area contributed by atoms with E-state index in [1.165, 1.54) is 12.8 Å². The van der Waals surface area contributed by atoms with Gasteiger partial charge in [0.1, 0.15) is 4.75 Å². The second kappa shape index (κ2) is 9.34. The van der Waals surface area contributed by atoms with Crippen molar-refractivity contribution in [2.45, 2.75) is 70.6 Å². The molecule has 2 fully saturated rings. The molecule has 0 radical (unpaired) electrons. The maximum Gasteiger partial charge on any atom is 0.136 e. The Kier molecular flexibility index (Phi) is 7.05. The minimum Gasteiger partial charge on any atom is -0.598 e. The van der Waals surface area contributed by atoms with Crippen molar-refractivity contribution in [3.05, 3.63) is 46.1 Å². The number of anilines is 1. The summed E-state index contributed by atoms with van der Waals surface area (Å²) in [6.45, 7) is 10.2. The molecule has 1 spiro atoms. The summed E-state index contributed by atoms with van der Waals surface area (Å²) in [6.07, 6.45) is 7.76. The summed E-state index contributed by atoms with van der Waals surface area (Å²) >= 11 is 11.6. The fourth-order valence-electron chi connectivity index (χ4n) is 5.14. The number of halogens is 2. The molecule has 2 heterocycles. The van der Waals surface area contributed by atoms with Crippen molar-refractivity contribution in [2.75, 3.05) is 18.0 Å². The van der Waals surface area contributed by atoms with E-state index in [9.17, 15) is 4.55 Å². The number of hydrogen-bond donors (Lipinski definition) is 1. The summed E-state index contributed by atoms with van der Waals surface area (Å²) < 4.78 is 16.0. The van der Waals surface area contributed by atoms with Crippen LogP contribution in [0.3, 0.4) is 0 Å². The highest BCUT2D eigenvalue weighted by molar-refractivity contribution is 7.90. The van der Waals surface area contributed by atoms with Gasteiger partial charge in [0, 0.05) is 30.0 Å². The van der Waals surface area contributed by atoms with Crippen LogP contribution < -0.4 is 9.62 Å². The van der Waals surface area contributed by atoms with Crippen LogP contribution in [0.15, 0.2) is 30.5 Å². The quantitative estimate of drug-likeness (QED) is 0.490. The molecule has 0 bridgehead atoms. The zero-order valence-corrected chi connectivity index (χ0v) is 21.7. The Balaban J connectivity index is 1.46. The first-order valence-corrected chi connectivity index (χ1v) is 13.4. The Hall–Kier alpha value is -0.980. The number of nitrogens with one attached hydrogen (secondary N) is 1. The molecule has 4 rings (SSSR count). The minimum atomic E-state index is -1.02. The van der Waals surface area contributed by atoms with Gasteiger partial charge in [0.2, 0.25) is 0 Å². The molecule has 2 aromatic rings. The number of aryl methyl sites for hydroxylation is 1. The summed E-state index contributed by atoms with van der Waals surface area (Å²) in [4.78, 5) is 7.19. The van der Waals surface area contributed by atoms with Gasteiger partial charge in [-0.1, -0.05) is 41.8 Å². The first kappa shape index (κ1) is 24.2. The molecule has 1 unspecified atom stereocenters. The molecule has 174 valence electrons. The number of nitrogens with zero attached hydrogens (tertiary/aromatic N) is 2. The largest absolute Gasteiger partial charge is 0.598 e. The first-order valence-electron chi connectivity index (χ1n) is 11.4. The van der Waals surface area contributed by atoms with Gasteiger partial charge >= 0.3 is 0 Å². The van der Waals surface area contributed by atoms with Crippen LogP contribution >= 0.6 is 23.2 Å². The number of piperidine rings is 1.